The number of thiol groups is 1. The van der Waals surface area contributed by atoms with Crippen LogP contribution in [0.2, 0.25) is 0 Å². The summed E-state index contributed by atoms with van der Waals surface area (Å²) >= 11 is 4.83. The number of carbonyl (C=O) groups excluding carboxylic acids is 2. The quantitative estimate of drug-likeness (QED) is 0.377. The van der Waals surface area contributed by atoms with Crippen LogP contribution in [0.1, 0.15) is 40.6 Å². The van der Waals surface area contributed by atoms with Gasteiger partial charge in [0.05, 0.1) is 17.1 Å². The fraction of sp³-hybridized carbons (Fsp3) is 0.367. The van der Waals surface area contributed by atoms with E-state index in [0.717, 1.165) is 50.5 Å². The van der Waals surface area contributed by atoms with Crippen molar-refractivity contribution in [1.82, 2.24) is 25.0 Å². The number of nitrogens with one attached hydrogen (secondary N) is 1. The zero-order valence-corrected chi connectivity index (χ0v) is 22.3. The molecule has 3 aromatic rings. The van der Waals surface area contributed by atoms with E-state index in [1.54, 1.807) is 0 Å². The van der Waals surface area contributed by atoms with E-state index < -0.39 is 0 Å². The van der Waals surface area contributed by atoms with Crippen molar-refractivity contribution in [3.05, 3.63) is 89.2 Å². The average molecular weight is 528 g/mol. The maximum atomic E-state index is 12.4. The fourth-order valence-corrected chi connectivity index (χ4v) is 6.40. The second-order valence-corrected chi connectivity index (χ2v) is 11.0. The highest BCUT2D eigenvalue weighted by Crippen LogP contribution is 2.39. The van der Waals surface area contributed by atoms with Crippen molar-refractivity contribution < 1.29 is 9.59 Å². The van der Waals surface area contributed by atoms with E-state index in [2.05, 4.69) is 68.5 Å². The number of rotatable bonds is 6. The summed E-state index contributed by atoms with van der Waals surface area (Å²) < 4.78 is 0. The number of hydrogen-bond acceptors (Lipinski definition) is 7. The highest BCUT2D eigenvalue weighted by atomic mass is 32.1. The molecule has 0 radical (unpaired) electrons. The largest absolute Gasteiger partial charge is 0.297 e. The van der Waals surface area contributed by atoms with E-state index in [0.29, 0.717) is 19.4 Å². The summed E-state index contributed by atoms with van der Waals surface area (Å²) in [7, 11) is 0. The fourth-order valence-electron chi connectivity index (χ4n) is 5.91. The predicted octanol–water partition coefficient (Wildman–Crippen LogP) is 3.62. The number of amides is 2. The Hall–Kier alpha value is -3.04. The minimum Gasteiger partial charge on any atom is -0.297 e. The van der Waals surface area contributed by atoms with Crippen molar-refractivity contribution in [1.29, 1.82) is 0 Å². The minimum atomic E-state index is -0.305. The van der Waals surface area contributed by atoms with Gasteiger partial charge in [0.2, 0.25) is 11.8 Å². The van der Waals surface area contributed by atoms with Gasteiger partial charge in [0.1, 0.15) is 0 Å². The first kappa shape index (κ1) is 25.2. The third-order valence-corrected chi connectivity index (χ3v) is 8.56. The van der Waals surface area contributed by atoms with Crippen molar-refractivity contribution >= 4 is 24.4 Å². The van der Waals surface area contributed by atoms with Crippen LogP contribution in [-0.2, 0) is 29.2 Å². The smallest absolute Gasteiger partial charge is 0.243 e. The van der Waals surface area contributed by atoms with E-state index in [1.807, 2.05) is 18.3 Å². The van der Waals surface area contributed by atoms with Crippen LogP contribution in [0.25, 0.3) is 11.1 Å². The Balaban J connectivity index is 1.05. The van der Waals surface area contributed by atoms with Gasteiger partial charge in [0.15, 0.2) is 0 Å². The Bertz CT molecular complexity index is 1330. The molecule has 0 bridgehead atoms. The Morgan fingerprint density at radius 1 is 0.921 bits per heavy atom. The van der Waals surface area contributed by atoms with Crippen LogP contribution < -0.4 is 5.32 Å². The standard InChI is InChI=1S/C30H33N5O2S/c36-28-11-10-27(29(37)32-28)35-19-23-17-21(8-9-25(23)30(35)38)18-33-13-15-34(16-14-33)20-26-24(7-4-12-31-26)22-5-2-1-3-6-22/h1-9,12,17,27,30,38H,10-11,13-16,18-20H2,(H,32,36,37). The molecule has 2 saturated heterocycles. The van der Waals surface area contributed by atoms with E-state index in [9.17, 15) is 9.59 Å². The number of fused-ring (bicyclic) bond motifs is 1. The van der Waals surface area contributed by atoms with Gasteiger partial charge >= 0.3 is 0 Å². The molecule has 0 spiro atoms. The second-order valence-electron chi connectivity index (χ2n) is 10.5. The zero-order chi connectivity index (χ0) is 26.1. The van der Waals surface area contributed by atoms with Crippen LogP contribution in [0.5, 0.6) is 0 Å². The molecule has 196 valence electrons. The summed E-state index contributed by atoms with van der Waals surface area (Å²) in [5.74, 6) is -0.384. The molecule has 6 rings (SSSR count). The van der Waals surface area contributed by atoms with Crippen LogP contribution in [0, 0.1) is 0 Å². The lowest BCUT2D eigenvalue weighted by atomic mass is 10.0. The van der Waals surface area contributed by atoms with Gasteiger partial charge in [0, 0.05) is 64.0 Å². The number of piperazine rings is 1. The molecule has 1 aromatic heterocycles. The van der Waals surface area contributed by atoms with E-state index in [1.165, 1.54) is 22.3 Å². The number of hydrogen-bond donors (Lipinski definition) is 2. The minimum absolute atomic E-state index is 0.126. The molecule has 0 aliphatic carbocycles. The number of nitrogens with zero attached hydrogens (tertiary/aromatic N) is 4. The number of carbonyl (C=O) groups is 2. The van der Waals surface area contributed by atoms with Crippen molar-refractivity contribution in [2.24, 2.45) is 0 Å². The SMILES string of the molecule is O=C1CCC(N2Cc3cc(CN4CCN(Cc5ncccc5-c5ccccc5)CC4)ccc3C2S)C(=O)N1. The number of aromatic nitrogens is 1. The highest BCUT2D eigenvalue weighted by molar-refractivity contribution is 7.80. The van der Waals surface area contributed by atoms with Gasteiger partial charge in [-0.3, -0.25) is 34.6 Å². The number of piperidine rings is 1. The molecule has 2 amide bonds. The third-order valence-electron chi connectivity index (χ3n) is 7.98. The number of imide groups is 1. The van der Waals surface area contributed by atoms with Crippen LogP contribution in [0.15, 0.2) is 66.9 Å². The molecule has 4 heterocycles. The Kier molecular flexibility index (Phi) is 7.30. The maximum Gasteiger partial charge on any atom is 0.243 e. The van der Waals surface area contributed by atoms with Crippen LogP contribution in [0.3, 0.4) is 0 Å². The number of benzene rings is 2. The second kappa shape index (κ2) is 11.0. The lowest BCUT2D eigenvalue weighted by molar-refractivity contribution is -0.137. The first-order valence-corrected chi connectivity index (χ1v) is 13.9. The highest BCUT2D eigenvalue weighted by Gasteiger charge is 2.39. The molecule has 7 nitrogen and oxygen atoms in total. The molecular weight excluding hydrogens is 494 g/mol. The number of pyridine rings is 1. The molecule has 8 heteroatoms. The summed E-state index contributed by atoms with van der Waals surface area (Å²) in [5, 5.41) is 2.36. The van der Waals surface area contributed by atoms with Gasteiger partial charge < -0.3 is 0 Å². The molecule has 2 unspecified atom stereocenters. The summed E-state index contributed by atoms with van der Waals surface area (Å²) in [4.78, 5) is 35.8. The van der Waals surface area contributed by atoms with Gasteiger partial charge in [-0.05, 0) is 34.7 Å². The monoisotopic (exact) mass is 527 g/mol. The van der Waals surface area contributed by atoms with Gasteiger partial charge in [-0.15, -0.1) is 0 Å². The molecule has 1 N–H and O–H groups in total. The predicted molar refractivity (Wildman–Crippen MR) is 150 cm³/mol. The van der Waals surface area contributed by atoms with E-state index in [-0.39, 0.29) is 23.2 Å². The van der Waals surface area contributed by atoms with Crippen LogP contribution >= 0.6 is 12.6 Å². The van der Waals surface area contributed by atoms with Gasteiger partial charge in [-0.2, -0.15) is 12.6 Å². The van der Waals surface area contributed by atoms with Crippen LogP contribution in [0.4, 0.5) is 0 Å². The molecule has 38 heavy (non-hydrogen) atoms. The first-order chi connectivity index (χ1) is 18.5. The van der Waals surface area contributed by atoms with Crippen molar-refractivity contribution in [2.45, 2.75) is 43.9 Å². The lowest BCUT2D eigenvalue weighted by Crippen LogP contribution is -2.51. The first-order valence-electron chi connectivity index (χ1n) is 13.4. The van der Waals surface area contributed by atoms with E-state index >= 15 is 0 Å². The maximum absolute atomic E-state index is 12.4. The Labute approximate surface area is 229 Å². The molecule has 0 saturated carbocycles. The summed E-state index contributed by atoms with van der Waals surface area (Å²) in [6, 6.07) is 21.0. The van der Waals surface area contributed by atoms with E-state index in [4.69, 9.17) is 17.6 Å². The van der Waals surface area contributed by atoms with Gasteiger partial charge in [0.25, 0.3) is 0 Å². The lowest BCUT2D eigenvalue weighted by Gasteiger charge is -2.34. The zero-order valence-electron chi connectivity index (χ0n) is 21.4. The molecule has 2 fully saturated rings. The molecule has 2 aromatic carbocycles. The van der Waals surface area contributed by atoms with Gasteiger partial charge in [-0.1, -0.05) is 54.6 Å². The van der Waals surface area contributed by atoms with Crippen molar-refractivity contribution in [3.63, 3.8) is 0 Å². The molecular formula is C30H33N5O2S. The summed E-state index contributed by atoms with van der Waals surface area (Å²) in [6.45, 7) is 6.51. The van der Waals surface area contributed by atoms with Gasteiger partial charge in [-0.25, -0.2) is 0 Å². The summed E-state index contributed by atoms with van der Waals surface area (Å²) in [6.07, 6.45) is 2.83. The van der Waals surface area contributed by atoms with Crippen molar-refractivity contribution in [3.8, 4) is 11.1 Å². The topological polar surface area (TPSA) is 68.8 Å². The van der Waals surface area contributed by atoms with Crippen LogP contribution in [-0.4, -0.2) is 63.7 Å². The summed E-state index contributed by atoms with van der Waals surface area (Å²) in [5.41, 5.74) is 7.24. The van der Waals surface area contributed by atoms with Crippen molar-refractivity contribution in [2.75, 3.05) is 26.2 Å². The Morgan fingerprint density at radius 3 is 2.45 bits per heavy atom. The normalized spacial score (nSPS) is 22.9. The average Bonchev–Trinajstić information content (AvgIpc) is 3.26. The Morgan fingerprint density at radius 2 is 1.68 bits per heavy atom. The molecule has 2 atom stereocenters. The molecule has 3 aliphatic heterocycles. The molecule has 3 aliphatic rings. The third kappa shape index (κ3) is 5.27.